The third-order valence-electron chi connectivity index (χ3n) is 3.17. The Morgan fingerprint density at radius 1 is 1.45 bits per heavy atom. The number of nitrogens with zero attached hydrogens (tertiary/aromatic N) is 1. The summed E-state index contributed by atoms with van der Waals surface area (Å²) in [5, 5.41) is 5.36. The Morgan fingerprint density at radius 3 is 2.77 bits per heavy atom. The Balaban J connectivity index is 1.76. The average molecular weight is 327 g/mol. The Hall–Kier alpha value is -1.83. The second kappa shape index (κ2) is 6.95. The maximum absolute atomic E-state index is 11.7. The van der Waals surface area contributed by atoms with E-state index in [2.05, 4.69) is 15.6 Å². The van der Waals surface area contributed by atoms with Crippen LogP contribution in [0.25, 0.3) is 0 Å². The van der Waals surface area contributed by atoms with Gasteiger partial charge in [0.2, 0.25) is 5.88 Å². The first-order valence-electron chi connectivity index (χ1n) is 7.20. The molecular formula is C14H21N3O4S. The standard InChI is InChI=1S/C14H21N3O4S/c1-10(2)21-13-4-3-11(7-15-13)8-16-14(18)17-12-5-6-22(19,20)9-12/h3-4,7,10,12H,5-6,8-9H2,1-2H3,(H2,16,17,18)/t12-/m0/s1. The van der Waals surface area contributed by atoms with Gasteiger partial charge in [-0.2, -0.15) is 0 Å². The number of amides is 2. The summed E-state index contributed by atoms with van der Waals surface area (Å²) in [6.45, 7) is 4.16. The van der Waals surface area contributed by atoms with Gasteiger partial charge in [0.1, 0.15) is 0 Å². The Morgan fingerprint density at radius 2 is 2.23 bits per heavy atom. The van der Waals surface area contributed by atoms with Gasteiger partial charge >= 0.3 is 6.03 Å². The van der Waals surface area contributed by atoms with Crippen LogP contribution in [0.15, 0.2) is 18.3 Å². The van der Waals surface area contributed by atoms with Gasteiger partial charge in [-0.15, -0.1) is 0 Å². The highest BCUT2D eigenvalue weighted by Crippen LogP contribution is 2.11. The molecule has 1 saturated heterocycles. The molecule has 0 spiro atoms. The second-order valence-electron chi connectivity index (χ2n) is 5.60. The van der Waals surface area contributed by atoms with Crippen LogP contribution in [0.2, 0.25) is 0 Å². The van der Waals surface area contributed by atoms with Crippen molar-refractivity contribution in [2.45, 2.75) is 39.0 Å². The fourth-order valence-corrected chi connectivity index (χ4v) is 3.83. The van der Waals surface area contributed by atoms with Crippen molar-refractivity contribution in [2.75, 3.05) is 11.5 Å². The van der Waals surface area contributed by atoms with E-state index in [0.717, 1.165) is 5.56 Å². The molecule has 1 aliphatic heterocycles. The summed E-state index contributed by atoms with van der Waals surface area (Å²) in [4.78, 5) is 15.9. The molecule has 0 aliphatic carbocycles. The molecule has 7 nitrogen and oxygen atoms in total. The van der Waals surface area contributed by atoms with Crippen molar-refractivity contribution >= 4 is 15.9 Å². The molecule has 1 aromatic heterocycles. The first-order valence-corrected chi connectivity index (χ1v) is 9.02. The lowest BCUT2D eigenvalue weighted by Crippen LogP contribution is -2.42. The SMILES string of the molecule is CC(C)Oc1ccc(CNC(=O)N[C@H]2CCS(=O)(=O)C2)cn1. The highest BCUT2D eigenvalue weighted by Gasteiger charge is 2.28. The number of carbonyl (C=O) groups excluding carboxylic acids is 1. The van der Waals surface area contributed by atoms with Gasteiger partial charge in [-0.3, -0.25) is 0 Å². The highest BCUT2D eigenvalue weighted by atomic mass is 32.2. The van der Waals surface area contributed by atoms with E-state index in [1.807, 2.05) is 19.9 Å². The third kappa shape index (κ3) is 5.18. The Bertz CT molecular complexity index is 613. The summed E-state index contributed by atoms with van der Waals surface area (Å²) in [5.41, 5.74) is 0.838. The first-order chi connectivity index (χ1) is 10.3. The van der Waals surface area contributed by atoms with Crippen molar-refractivity contribution in [2.24, 2.45) is 0 Å². The van der Waals surface area contributed by atoms with Crippen LogP contribution < -0.4 is 15.4 Å². The monoisotopic (exact) mass is 327 g/mol. The summed E-state index contributed by atoms with van der Waals surface area (Å²) >= 11 is 0. The molecule has 1 fully saturated rings. The predicted molar refractivity (Wildman–Crippen MR) is 82.4 cm³/mol. The number of hydrogen-bond donors (Lipinski definition) is 2. The molecule has 8 heteroatoms. The molecular weight excluding hydrogens is 306 g/mol. The van der Waals surface area contributed by atoms with Gasteiger partial charge in [-0.1, -0.05) is 6.07 Å². The highest BCUT2D eigenvalue weighted by molar-refractivity contribution is 7.91. The van der Waals surface area contributed by atoms with Crippen molar-refractivity contribution in [3.05, 3.63) is 23.9 Å². The van der Waals surface area contributed by atoms with Crippen molar-refractivity contribution in [1.29, 1.82) is 0 Å². The number of pyridine rings is 1. The quantitative estimate of drug-likeness (QED) is 0.836. The molecule has 2 N–H and O–H groups in total. The third-order valence-corrected chi connectivity index (χ3v) is 4.94. The maximum atomic E-state index is 11.7. The lowest BCUT2D eigenvalue weighted by molar-refractivity contribution is 0.232. The topological polar surface area (TPSA) is 97.4 Å². The zero-order valence-electron chi connectivity index (χ0n) is 12.7. The van der Waals surface area contributed by atoms with Crippen molar-refractivity contribution < 1.29 is 17.9 Å². The van der Waals surface area contributed by atoms with Crippen LogP contribution in [0, 0.1) is 0 Å². The lowest BCUT2D eigenvalue weighted by Gasteiger charge is -2.12. The molecule has 2 rings (SSSR count). The van der Waals surface area contributed by atoms with Crippen LogP contribution in [-0.4, -0.2) is 43.1 Å². The number of rotatable bonds is 5. The van der Waals surface area contributed by atoms with Crippen LogP contribution in [0.1, 0.15) is 25.8 Å². The number of aromatic nitrogens is 1. The minimum Gasteiger partial charge on any atom is -0.475 e. The van der Waals surface area contributed by atoms with E-state index in [0.29, 0.717) is 18.8 Å². The zero-order valence-corrected chi connectivity index (χ0v) is 13.5. The van der Waals surface area contributed by atoms with E-state index in [-0.39, 0.29) is 29.7 Å². The number of hydrogen-bond acceptors (Lipinski definition) is 5. The van der Waals surface area contributed by atoms with Crippen LogP contribution in [0.5, 0.6) is 5.88 Å². The maximum Gasteiger partial charge on any atom is 0.315 e. The summed E-state index contributed by atoms with van der Waals surface area (Å²) in [6, 6.07) is 2.90. The van der Waals surface area contributed by atoms with E-state index in [1.165, 1.54) is 0 Å². The minimum absolute atomic E-state index is 0.0171. The van der Waals surface area contributed by atoms with E-state index >= 15 is 0 Å². The van der Waals surface area contributed by atoms with E-state index in [4.69, 9.17) is 4.74 Å². The summed E-state index contributed by atoms with van der Waals surface area (Å²) < 4.78 is 28.1. The molecule has 2 amide bonds. The number of nitrogens with one attached hydrogen (secondary N) is 2. The van der Waals surface area contributed by atoms with E-state index < -0.39 is 9.84 Å². The van der Waals surface area contributed by atoms with Gasteiger partial charge < -0.3 is 15.4 Å². The number of carbonyl (C=O) groups is 1. The molecule has 0 radical (unpaired) electrons. The zero-order chi connectivity index (χ0) is 16.2. The van der Waals surface area contributed by atoms with E-state index in [9.17, 15) is 13.2 Å². The van der Waals surface area contributed by atoms with Gasteiger partial charge in [-0.25, -0.2) is 18.2 Å². The molecule has 1 aliphatic rings. The second-order valence-corrected chi connectivity index (χ2v) is 7.83. The summed E-state index contributed by atoms with van der Waals surface area (Å²) in [6.07, 6.45) is 2.17. The Kier molecular flexibility index (Phi) is 5.23. The molecule has 1 aromatic rings. The smallest absolute Gasteiger partial charge is 0.315 e. The van der Waals surface area contributed by atoms with Crippen LogP contribution in [0.4, 0.5) is 4.79 Å². The fraction of sp³-hybridized carbons (Fsp3) is 0.571. The van der Waals surface area contributed by atoms with Crippen molar-refractivity contribution in [1.82, 2.24) is 15.6 Å². The van der Waals surface area contributed by atoms with Crippen molar-refractivity contribution in [3.63, 3.8) is 0 Å². The molecule has 122 valence electrons. The Labute approximate surface area is 130 Å². The van der Waals surface area contributed by atoms with Crippen LogP contribution in [-0.2, 0) is 16.4 Å². The normalized spacial score (nSPS) is 19.9. The molecule has 1 atom stereocenters. The molecule has 0 aromatic carbocycles. The molecule has 0 saturated carbocycles. The molecule has 0 unspecified atom stereocenters. The van der Waals surface area contributed by atoms with Gasteiger partial charge in [0.05, 0.1) is 17.6 Å². The number of urea groups is 1. The van der Waals surface area contributed by atoms with Gasteiger partial charge in [0.25, 0.3) is 0 Å². The van der Waals surface area contributed by atoms with E-state index in [1.54, 1.807) is 12.3 Å². The summed E-state index contributed by atoms with van der Waals surface area (Å²) in [5.74, 6) is 0.696. The number of ether oxygens (including phenoxy) is 1. The predicted octanol–water partition coefficient (Wildman–Crippen LogP) is 0.855. The minimum atomic E-state index is -2.99. The van der Waals surface area contributed by atoms with Gasteiger partial charge in [0.15, 0.2) is 9.84 Å². The van der Waals surface area contributed by atoms with Crippen LogP contribution >= 0.6 is 0 Å². The van der Waals surface area contributed by atoms with Gasteiger partial charge in [-0.05, 0) is 25.8 Å². The molecule has 22 heavy (non-hydrogen) atoms. The fourth-order valence-electron chi connectivity index (χ4n) is 2.15. The van der Waals surface area contributed by atoms with Gasteiger partial charge in [0, 0.05) is 24.8 Å². The summed E-state index contributed by atoms with van der Waals surface area (Å²) in [7, 11) is -2.99. The molecule has 0 bridgehead atoms. The molecule has 2 heterocycles. The van der Waals surface area contributed by atoms with Crippen LogP contribution in [0.3, 0.4) is 0 Å². The van der Waals surface area contributed by atoms with Crippen molar-refractivity contribution in [3.8, 4) is 5.88 Å². The number of sulfone groups is 1. The first kappa shape index (κ1) is 16.5. The average Bonchev–Trinajstić information content (AvgIpc) is 2.76. The lowest BCUT2D eigenvalue weighted by atomic mass is 10.2. The largest absolute Gasteiger partial charge is 0.475 e.